The van der Waals surface area contributed by atoms with Gasteiger partial charge in [-0.25, -0.2) is 0 Å². The fraction of sp³-hybridized carbons (Fsp3) is 0.826. The molecule has 0 heterocycles. The number of ether oxygens (including phenoxy) is 1. The normalized spacial score (nSPS) is 18.0. The van der Waals surface area contributed by atoms with E-state index in [1.54, 1.807) is 7.11 Å². The maximum absolute atomic E-state index is 6.77. The molecule has 0 aliphatic carbocycles. The summed E-state index contributed by atoms with van der Waals surface area (Å²) in [5.41, 5.74) is 1.25. The van der Waals surface area contributed by atoms with Crippen LogP contribution in [0, 0.1) is 5.92 Å². The van der Waals surface area contributed by atoms with Crippen molar-refractivity contribution in [2.24, 2.45) is 5.92 Å². The molecule has 5 heteroatoms. The Hall–Kier alpha value is -0.206. The molecule has 0 aromatic heterocycles. The topological polar surface area (TPSA) is 27.7 Å². The van der Waals surface area contributed by atoms with Crippen molar-refractivity contribution in [3.05, 3.63) is 24.3 Å². The van der Waals surface area contributed by atoms with Crippen molar-refractivity contribution in [1.82, 2.24) is 0 Å². The van der Waals surface area contributed by atoms with Gasteiger partial charge in [-0.05, 0) is 43.2 Å². The van der Waals surface area contributed by atoms with Gasteiger partial charge in [-0.15, -0.1) is 6.58 Å². The van der Waals surface area contributed by atoms with Gasteiger partial charge in [-0.2, -0.15) is 0 Å². The standard InChI is InChI=1S/C23H48O3Si2/c1-15-20(24-10)21(26-28(13,14)23(7,8)9)19(3)16-18(2)17-25-27(11,12)22(4,5)6/h15-16,19-21H,1,17H2,2-14H3/b18-16-/t19-,20+,21+/m1/s1. The lowest BCUT2D eigenvalue weighted by atomic mass is 9.97. The predicted octanol–water partition coefficient (Wildman–Crippen LogP) is 7.18. The fourth-order valence-electron chi connectivity index (χ4n) is 2.46. The summed E-state index contributed by atoms with van der Waals surface area (Å²) >= 11 is 0. The van der Waals surface area contributed by atoms with Crippen molar-refractivity contribution in [2.45, 2.75) is 104 Å². The van der Waals surface area contributed by atoms with Crippen LogP contribution in [0.15, 0.2) is 24.3 Å². The molecule has 0 radical (unpaired) electrons. The summed E-state index contributed by atoms with van der Waals surface area (Å²) in [5.74, 6) is 0.208. The van der Waals surface area contributed by atoms with Crippen molar-refractivity contribution >= 4 is 16.6 Å². The Morgan fingerprint density at radius 3 is 1.79 bits per heavy atom. The molecule has 0 N–H and O–H groups in total. The average Bonchev–Trinajstić information content (AvgIpc) is 2.50. The number of hydrogen-bond acceptors (Lipinski definition) is 3. The van der Waals surface area contributed by atoms with E-state index in [1.807, 2.05) is 6.08 Å². The van der Waals surface area contributed by atoms with Gasteiger partial charge in [0.25, 0.3) is 0 Å². The van der Waals surface area contributed by atoms with Gasteiger partial charge in [0.05, 0.1) is 12.7 Å². The lowest BCUT2D eigenvalue weighted by Gasteiger charge is -2.42. The Kier molecular flexibility index (Phi) is 10.1. The minimum atomic E-state index is -1.93. The van der Waals surface area contributed by atoms with E-state index >= 15 is 0 Å². The summed E-state index contributed by atoms with van der Waals surface area (Å²) in [7, 11) is -1.95. The molecule has 166 valence electrons. The van der Waals surface area contributed by atoms with Crippen LogP contribution >= 0.6 is 0 Å². The molecule has 3 nitrogen and oxygen atoms in total. The predicted molar refractivity (Wildman–Crippen MR) is 129 cm³/mol. The number of rotatable bonds is 10. The van der Waals surface area contributed by atoms with Crippen molar-refractivity contribution in [3.63, 3.8) is 0 Å². The molecule has 3 atom stereocenters. The third kappa shape index (κ3) is 7.90. The van der Waals surface area contributed by atoms with Crippen LogP contribution in [0.1, 0.15) is 55.4 Å². The van der Waals surface area contributed by atoms with Crippen LogP contribution < -0.4 is 0 Å². The molecule has 0 fully saturated rings. The molecule has 0 unspecified atom stereocenters. The summed E-state index contributed by atoms with van der Waals surface area (Å²) in [6.07, 6.45) is 3.98. The average molecular weight is 429 g/mol. The first-order valence-corrected chi connectivity index (χ1v) is 16.4. The Labute approximate surface area is 178 Å². The number of methoxy groups -OCH3 is 1. The van der Waals surface area contributed by atoms with Gasteiger partial charge >= 0.3 is 0 Å². The highest BCUT2D eigenvalue weighted by Gasteiger charge is 2.42. The maximum Gasteiger partial charge on any atom is 0.192 e. The molecular formula is C23H48O3Si2. The molecule has 28 heavy (non-hydrogen) atoms. The summed E-state index contributed by atoms with van der Waals surface area (Å²) in [6, 6.07) is 0. The van der Waals surface area contributed by atoms with Crippen LogP contribution in [-0.2, 0) is 13.6 Å². The van der Waals surface area contributed by atoms with E-state index in [4.69, 9.17) is 13.6 Å². The molecule has 0 rings (SSSR count). The lowest BCUT2D eigenvalue weighted by Crippen LogP contribution is -2.49. The molecule has 0 aromatic carbocycles. The minimum Gasteiger partial charge on any atom is -0.413 e. The third-order valence-corrected chi connectivity index (χ3v) is 15.5. The first-order chi connectivity index (χ1) is 12.4. The first-order valence-electron chi connectivity index (χ1n) is 10.5. The second-order valence-electron chi connectivity index (χ2n) is 11.2. The van der Waals surface area contributed by atoms with Crippen molar-refractivity contribution in [2.75, 3.05) is 13.7 Å². The zero-order valence-electron chi connectivity index (χ0n) is 21.0. The van der Waals surface area contributed by atoms with E-state index in [-0.39, 0.29) is 28.2 Å². The molecule has 0 saturated carbocycles. The van der Waals surface area contributed by atoms with Gasteiger partial charge in [-0.3, -0.25) is 0 Å². The molecule has 0 aliphatic rings. The molecule has 0 saturated heterocycles. The molecule has 0 aromatic rings. The van der Waals surface area contributed by atoms with E-state index in [0.717, 1.165) is 0 Å². The van der Waals surface area contributed by atoms with Crippen molar-refractivity contribution in [1.29, 1.82) is 0 Å². The molecule has 0 aliphatic heterocycles. The second kappa shape index (κ2) is 10.2. The van der Waals surface area contributed by atoms with Gasteiger partial charge in [0, 0.05) is 13.0 Å². The molecule has 0 amide bonds. The van der Waals surface area contributed by atoms with E-state index in [0.29, 0.717) is 6.61 Å². The highest BCUT2D eigenvalue weighted by molar-refractivity contribution is 6.74. The first kappa shape index (κ1) is 27.8. The third-order valence-electron chi connectivity index (χ3n) is 6.60. The van der Waals surface area contributed by atoms with Crippen LogP contribution in [0.3, 0.4) is 0 Å². The van der Waals surface area contributed by atoms with Crippen LogP contribution in [0.2, 0.25) is 36.3 Å². The summed E-state index contributed by atoms with van der Waals surface area (Å²) in [4.78, 5) is 0. The van der Waals surface area contributed by atoms with Crippen LogP contribution in [0.25, 0.3) is 0 Å². The highest BCUT2D eigenvalue weighted by atomic mass is 28.4. The second-order valence-corrected chi connectivity index (χ2v) is 20.8. The van der Waals surface area contributed by atoms with Crippen LogP contribution in [0.5, 0.6) is 0 Å². The SMILES string of the molecule is C=C[C@H](OC)[C@@H](O[Si](C)(C)C(C)(C)C)[C@H](C)/C=C(/C)CO[Si](C)(C)C(C)(C)C. The quantitative estimate of drug-likeness (QED) is 0.272. The van der Waals surface area contributed by atoms with Gasteiger partial charge < -0.3 is 13.6 Å². The van der Waals surface area contributed by atoms with Gasteiger partial charge in [0.2, 0.25) is 0 Å². The van der Waals surface area contributed by atoms with Crippen molar-refractivity contribution < 1.29 is 13.6 Å². The summed E-state index contributed by atoms with van der Waals surface area (Å²) < 4.78 is 18.9. The largest absolute Gasteiger partial charge is 0.413 e. The van der Waals surface area contributed by atoms with Crippen LogP contribution in [-0.4, -0.2) is 42.6 Å². The minimum absolute atomic E-state index is 0.0498. The monoisotopic (exact) mass is 428 g/mol. The Bertz CT molecular complexity index is 525. The lowest BCUT2D eigenvalue weighted by molar-refractivity contribution is 0.00591. The zero-order chi connectivity index (χ0) is 22.6. The van der Waals surface area contributed by atoms with E-state index in [1.165, 1.54) is 5.57 Å². The van der Waals surface area contributed by atoms with E-state index in [2.05, 4.69) is 94.2 Å². The Morgan fingerprint density at radius 1 is 0.964 bits per heavy atom. The molecular weight excluding hydrogens is 380 g/mol. The molecule has 0 spiro atoms. The Balaban J connectivity index is 5.47. The van der Waals surface area contributed by atoms with Gasteiger partial charge in [-0.1, -0.05) is 66.2 Å². The number of hydrogen-bond donors (Lipinski definition) is 0. The smallest absolute Gasteiger partial charge is 0.192 e. The fourth-order valence-corrected chi connectivity index (χ4v) is 4.86. The van der Waals surface area contributed by atoms with Gasteiger partial charge in [0.15, 0.2) is 16.6 Å². The van der Waals surface area contributed by atoms with Crippen molar-refractivity contribution in [3.8, 4) is 0 Å². The summed E-state index contributed by atoms with van der Waals surface area (Å²) in [6.45, 7) is 31.8. The maximum atomic E-state index is 6.77. The summed E-state index contributed by atoms with van der Waals surface area (Å²) in [5, 5.41) is 0.367. The van der Waals surface area contributed by atoms with E-state index in [9.17, 15) is 0 Å². The Morgan fingerprint density at radius 2 is 1.43 bits per heavy atom. The van der Waals surface area contributed by atoms with Gasteiger partial charge in [0.1, 0.15) is 6.10 Å². The highest BCUT2D eigenvalue weighted by Crippen LogP contribution is 2.39. The van der Waals surface area contributed by atoms with E-state index < -0.39 is 16.6 Å². The zero-order valence-corrected chi connectivity index (χ0v) is 23.0. The molecule has 0 bridgehead atoms. The van der Waals surface area contributed by atoms with Crippen LogP contribution in [0.4, 0.5) is 0 Å².